The summed E-state index contributed by atoms with van der Waals surface area (Å²) in [7, 11) is 0. The third kappa shape index (κ3) is 3.39. The minimum absolute atomic E-state index is 0.192. The second kappa shape index (κ2) is 7.06. The Morgan fingerprint density at radius 2 is 1.75 bits per heavy atom. The number of hydrogen-bond donors (Lipinski definition) is 2. The van der Waals surface area contributed by atoms with Crippen LogP contribution in [0.25, 0.3) is 0 Å². The largest absolute Gasteiger partial charge is 0.324 e. The van der Waals surface area contributed by atoms with Crippen LogP contribution in [-0.2, 0) is 6.54 Å². The molecule has 0 radical (unpaired) electrons. The molecular formula is C21H27N3. The van der Waals surface area contributed by atoms with E-state index in [0.717, 1.165) is 25.4 Å². The first-order valence-electron chi connectivity index (χ1n) is 9.13. The van der Waals surface area contributed by atoms with Crippen LogP contribution >= 0.6 is 0 Å². The molecule has 1 fully saturated rings. The fraction of sp³-hybridized carbons (Fsp3) is 0.429. The molecule has 126 valence electrons. The van der Waals surface area contributed by atoms with E-state index in [1.54, 1.807) is 0 Å². The minimum Gasteiger partial charge on any atom is -0.324 e. The summed E-state index contributed by atoms with van der Waals surface area (Å²) in [6, 6.07) is 20.1. The molecule has 2 aromatic rings. The minimum atomic E-state index is 0.192. The van der Waals surface area contributed by atoms with Gasteiger partial charge in [-0.05, 0) is 48.5 Å². The second-order valence-electron chi connectivity index (χ2n) is 7.31. The smallest absolute Gasteiger partial charge is 0.0341 e. The topological polar surface area (TPSA) is 41.3 Å². The van der Waals surface area contributed by atoms with E-state index in [4.69, 9.17) is 5.73 Å². The third-order valence-corrected chi connectivity index (χ3v) is 5.53. The van der Waals surface area contributed by atoms with Gasteiger partial charge in [0.1, 0.15) is 0 Å². The van der Waals surface area contributed by atoms with Crippen molar-refractivity contribution in [2.24, 2.45) is 11.7 Å². The van der Waals surface area contributed by atoms with Crippen LogP contribution < -0.4 is 11.1 Å². The van der Waals surface area contributed by atoms with Crippen molar-refractivity contribution < 1.29 is 0 Å². The summed E-state index contributed by atoms with van der Waals surface area (Å²) in [5, 5.41) is 3.79. The molecule has 4 rings (SSSR count). The van der Waals surface area contributed by atoms with Gasteiger partial charge in [-0.15, -0.1) is 0 Å². The Morgan fingerprint density at radius 1 is 1.00 bits per heavy atom. The van der Waals surface area contributed by atoms with Gasteiger partial charge in [0.25, 0.3) is 0 Å². The Bertz CT molecular complexity index is 670. The molecule has 1 heterocycles. The molecule has 1 aliphatic carbocycles. The van der Waals surface area contributed by atoms with E-state index in [-0.39, 0.29) is 6.04 Å². The Balaban J connectivity index is 1.29. The lowest BCUT2D eigenvalue weighted by Crippen LogP contribution is -2.28. The van der Waals surface area contributed by atoms with E-state index in [0.29, 0.717) is 6.04 Å². The summed E-state index contributed by atoms with van der Waals surface area (Å²) in [5.74, 6) is 0.748. The summed E-state index contributed by atoms with van der Waals surface area (Å²) in [6.45, 7) is 4.58. The summed E-state index contributed by atoms with van der Waals surface area (Å²) < 4.78 is 0. The highest BCUT2D eigenvalue weighted by molar-refractivity contribution is 5.37. The first-order chi connectivity index (χ1) is 11.8. The zero-order valence-electron chi connectivity index (χ0n) is 14.2. The average molecular weight is 321 g/mol. The van der Waals surface area contributed by atoms with Crippen molar-refractivity contribution in [1.82, 2.24) is 10.2 Å². The summed E-state index contributed by atoms with van der Waals surface area (Å²) in [5.41, 5.74) is 10.4. The summed E-state index contributed by atoms with van der Waals surface area (Å²) >= 11 is 0. The van der Waals surface area contributed by atoms with Crippen LogP contribution in [0.5, 0.6) is 0 Å². The van der Waals surface area contributed by atoms with Gasteiger partial charge < -0.3 is 11.1 Å². The maximum absolute atomic E-state index is 6.28. The van der Waals surface area contributed by atoms with Crippen LogP contribution in [-0.4, -0.2) is 24.5 Å². The van der Waals surface area contributed by atoms with Gasteiger partial charge in [0, 0.05) is 25.2 Å². The van der Waals surface area contributed by atoms with Crippen LogP contribution in [0.1, 0.15) is 41.6 Å². The standard InChI is InChI=1S/C21H27N3/c22-20-12-21(19-9-5-4-8-18(19)20)23-13-17-10-11-24(15-17)14-16-6-2-1-3-7-16/h1-9,17,20-21,23H,10-15,22H2. The number of fused-ring (bicyclic) bond motifs is 1. The number of benzene rings is 2. The predicted molar refractivity (Wildman–Crippen MR) is 98.6 cm³/mol. The summed E-state index contributed by atoms with van der Waals surface area (Å²) in [6.07, 6.45) is 2.32. The van der Waals surface area contributed by atoms with Crippen LogP contribution in [0.15, 0.2) is 54.6 Å². The molecule has 1 aliphatic heterocycles. The Hall–Kier alpha value is -1.68. The fourth-order valence-electron chi connectivity index (χ4n) is 4.24. The molecule has 3 unspecified atom stereocenters. The van der Waals surface area contributed by atoms with Gasteiger partial charge in [0.2, 0.25) is 0 Å². The van der Waals surface area contributed by atoms with Gasteiger partial charge >= 0.3 is 0 Å². The molecule has 0 amide bonds. The molecule has 0 spiro atoms. The first-order valence-corrected chi connectivity index (χ1v) is 9.13. The lowest BCUT2D eigenvalue weighted by Gasteiger charge is -2.19. The van der Waals surface area contributed by atoms with Gasteiger partial charge in [-0.2, -0.15) is 0 Å². The first kappa shape index (κ1) is 15.8. The van der Waals surface area contributed by atoms with E-state index < -0.39 is 0 Å². The lowest BCUT2D eigenvalue weighted by molar-refractivity contribution is 0.311. The molecule has 1 saturated heterocycles. The summed E-state index contributed by atoms with van der Waals surface area (Å²) in [4.78, 5) is 2.58. The van der Waals surface area contributed by atoms with E-state index >= 15 is 0 Å². The predicted octanol–water partition coefficient (Wildman–Crippen LogP) is 3.24. The SMILES string of the molecule is NC1CC(NCC2CCN(Cc3ccccc3)C2)c2ccccc21. The number of rotatable bonds is 5. The van der Waals surface area contributed by atoms with Crippen molar-refractivity contribution >= 4 is 0 Å². The van der Waals surface area contributed by atoms with Crippen molar-refractivity contribution in [3.05, 3.63) is 71.3 Å². The van der Waals surface area contributed by atoms with Crippen molar-refractivity contribution in [2.45, 2.75) is 31.5 Å². The monoisotopic (exact) mass is 321 g/mol. The Labute approximate surface area is 144 Å². The molecule has 2 aliphatic rings. The average Bonchev–Trinajstić information content (AvgIpc) is 3.19. The van der Waals surface area contributed by atoms with Crippen LogP contribution in [0.3, 0.4) is 0 Å². The highest BCUT2D eigenvalue weighted by Gasteiger charge is 2.29. The van der Waals surface area contributed by atoms with E-state index in [1.807, 2.05) is 0 Å². The lowest BCUT2D eigenvalue weighted by atomic mass is 10.1. The molecule has 0 aromatic heterocycles. The molecule has 0 bridgehead atoms. The van der Waals surface area contributed by atoms with Gasteiger partial charge in [0.15, 0.2) is 0 Å². The number of hydrogen-bond acceptors (Lipinski definition) is 3. The number of nitrogens with zero attached hydrogens (tertiary/aromatic N) is 1. The molecular weight excluding hydrogens is 294 g/mol. The zero-order valence-corrected chi connectivity index (χ0v) is 14.2. The van der Waals surface area contributed by atoms with Gasteiger partial charge in [-0.3, -0.25) is 4.90 Å². The number of likely N-dealkylation sites (tertiary alicyclic amines) is 1. The molecule has 2 aromatic carbocycles. The normalized spacial score (nSPS) is 26.6. The van der Waals surface area contributed by atoms with Crippen LogP contribution in [0.4, 0.5) is 0 Å². The number of nitrogens with one attached hydrogen (secondary N) is 1. The maximum Gasteiger partial charge on any atom is 0.0341 e. The van der Waals surface area contributed by atoms with Crippen molar-refractivity contribution in [3.8, 4) is 0 Å². The van der Waals surface area contributed by atoms with E-state index in [1.165, 1.54) is 36.2 Å². The molecule has 24 heavy (non-hydrogen) atoms. The van der Waals surface area contributed by atoms with E-state index in [2.05, 4.69) is 64.8 Å². The van der Waals surface area contributed by atoms with E-state index in [9.17, 15) is 0 Å². The van der Waals surface area contributed by atoms with Crippen molar-refractivity contribution in [3.63, 3.8) is 0 Å². The Morgan fingerprint density at radius 3 is 2.58 bits per heavy atom. The third-order valence-electron chi connectivity index (χ3n) is 5.53. The quantitative estimate of drug-likeness (QED) is 0.888. The molecule has 3 atom stereocenters. The molecule has 3 nitrogen and oxygen atoms in total. The van der Waals surface area contributed by atoms with Gasteiger partial charge in [0.05, 0.1) is 0 Å². The number of nitrogens with two attached hydrogens (primary N) is 1. The highest BCUT2D eigenvalue weighted by atomic mass is 15.1. The van der Waals surface area contributed by atoms with Crippen LogP contribution in [0.2, 0.25) is 0 Å². The highest BCUT2D eigenvalue weighted by Crippen LogP contribution is 2.37. The zero-order chi connectivity index (χ0) is 16.4. The maximum atomic E-state index is 6.28. The molecule has 3 heteroatoms. The molecule has 3 N–H and O–H groups in total. The fourth-order valence-corrected chi connectivity index (χ4v) is 4.24. The van der Waals surface area contributed by atoms with Crippen molar-refractivity contribution in [2.75, 3.05) is 19.6 Å². The second-order valence-corrected chi connectivity index (χ2v) is 7.31. The van der Waals surface area contributed by atoms with Gasteiger partial charge in [-0.1, -0.05) is 54.6 Å². The molecule has 0 saturated carbocycles. The Kier molecular flexibility index (Phi) is 4.65. The van der Waals surface area contributed by atoms with Crippen LogP contribution in [0, 0.1) is 5.92 Å². The van der Waals surface area contributed by atoms with Crippen molar-refractivity contribution in [1.29, 1.82) is 0 Å². The van der Waals surface area contributed by atoms with Gasteiger partial charge in [-0.25, -0.2) is 0 Å².